The van der Waals surface area contributed by atoms with E-state index in [1.165, 1.54) is 0 Å². The fourth-order valence-electron chi connectivity index (χ4n) is 2.16. The summed E-state index contributed by atoms with van der Waals surface area (Å²) < 4.78 is 1.04. The van der Waals surface area contributed by atoms with Crippen molar-refractivity contribution in [2.45, 2.75) is 17.7 Å². The molecule has 0 spiro atoms. The van der Waals surface area contributed by atoms with E-state index < -0.39 is 0 Å². The topological polar surface area (TPSA) is 40.5 Å². The van der Waals surface area contributed by atoms with E-state index in [2.05, 4.69) is 15.9 Å². The fourth-order valence-corrected chi connectivity index (χ4v) is 3.57. The van der Waals surface area contributed by atoms with Crippen LogP contribution in [0.25, 0.3) is 0 Å². The van der Waals surface area contributed by atoms with Crippen molar-refractivity contribution < 1.29 is 9.90 Å². The molecular formula is C14H18BrNO2S. The van der Waals surface area contributed by atoms with Crippen molar-refractivity contribution in [3.63, 3.8) is 0 Å². The first-order valence-corrected chi connectivity index (χ1v) is 8.24. The minimum atomic E-state index is 0.196. The number of hydrogen-bond acceptors (Lipinski definition) is 3. The Labute approximate surface area is 126 Å². The van der Waals surface area contributed by atoms with Gasteiger partial charge < -0.3 is 10.0 Å². The summed E-state index contributed by atoms with van der Waals surface area (Å²) in [6, 6.07) is 7.99. The minimum absolute atomic E-state index is 0.196. The number of amides is 1. The number of aliphatic hydroxyl groups excluding tert-OH is 1. The molecule has 3 nitrogen and oxygen atoms in total. The van der Waals surface area contributed by atoms with Crippen molar-refractivity contribution in [1.82, 2.24) is 4.90 Å². The molecule has 1 N–H and O–H groups in total. The van der Waals surface area contributed by atoms with E-state index in [4.69, 9.17) is 5.11 Å². The molecule has 0 saturated carbocycles. The fraction of sp³-hybridized carbons (Fsp3) is 0.500. The third kappa shape index (κ3) is 4.51. The highest BCUT2D eigenvalue weighted by Crippen LogP contribution is 2.23. The number of carbonyl (C=O) groups excluding carboxylic acids is 1. The van der Waals surface area contributed by atoms with E-state index >= 15 is 0 Å². The molecule has 2 rings (SSSR count). The second-order valence-corrected chi connectivity index (χ2v) is 6.72. The summed E-state index contributed by atoms with van der Waals surface area (Å²) in [5, 5.41) is 9.08. The van der Waals surface area contributed by atoms with Gasteiger partial charge in [-0.15, -0.1) is 11.8 Å². The average Bonchev–Trinajstić information content (AvgIpc) is 2.45. The molecule has 1 amide bonds. The number of aliphatic hydroxyl groups is 1. The Kier molecular flexibility index (Phi) is 5.73. The first-order chi connectivity index (χ1) is 9.19. The van der Waals surface area contributed by atoms with Gasteiger partial charge in [0.1, 0.15) is 0 Å². The lowest BCUT2D eigenvalue weighted by atomic mass is 9.98. The van der Waals surface area contributed by atoms with E-state index in [1.807, 2.05) is 29.2 Å². The third-order valence-corrected chi connectivity index (χ3v) is 4.86. The maximum atomic E-state index is 12.1. The van der Waals surface area contributed by atoms with Gasteiger partial charge in [-0.3, -0.25) is 4.79 Å². The number of rotatable bonds is 4. The summed E-state index contributed by atoms with van der Waals surface area (Å²) >= 11 is 5.00. The molecule has 0 bridgehead atoms. The Morgan fingerprint density at radius 1 is 1.42 bits per heavy atom. The third-order valence-electron chi connectivity index (χ3n) is 3.38. The number of likely N-dealkylation sites (tertiary alicyclic amines) is 1. The van der Waals surface area contributed by atoms with Gasteiger partial charge in [-0.05, 0) is 37.0 Å². The number of benzene rings is 1. The molecule has 1 heterocycles. The number of hydrogen-bond donors (Lipinski definition) is 1. The molecule has 1 aromatic rings. The second-order valence-electron chi connectivity index (χ2n) is 4.75. The Bertz CT molecular complexity index is 433. The number of thioether (sulfide) groups is 1. The Balaban J connectivity index is 1.79. The van der Waals surface area contributed by atoms with E-state index in [0.717, 1.165) is 35.3 Å². The molecule has 1 fully saturated rings. The molecule has 0 atom stereocenters. The van der Waals surface area contributed by atoms with Crippen LogP contribution in [-0.4, -0.2) is 41.4 Å². The molecule has 0 aliphatic carbocycles. The normalized spacial score (nSPS) is 16.6. The van der Waals surface area contributed by atoms with Crippen LogP contribution in [0.3, 0.4) is 0 Å². The standard InChI is InChI=1S/C14H18BrNO2S/c15-12-2-1-3-13(8-12)19-10-14(18)16-6-4-11(9-17)5-7-16/h1-3,8,11,17H,4-7,9-10H2. The van der Waals surface area contributed by atoms with Crippen LogP contribution in [0.1, 0.15) is 12.8 Å². The maximum absolute atomic E-state index is 12.1. The first-order valence-electron chi connectivity index (χ1n) is 6.46. The van der Waals surface area contributed by atoms with Gasteiger partial charge in [-0.25, -0.2) is 0 Å². The summed E-state index contributed by atoms with van der Waals surface area (Å²) in [6.07, 6.45) is 1.84. The smallest absolute Gasteiger partial charge is 0.232 e. The molecular weight excluding hydrogens is 326 g/mol. The van der Waals surface area contributed by atoms with Crippen molar-refractivity contribution in [3.05, 3.63) is 28.7 Å². The summed E-state index contributed by atoms with van der Waals surface area (Å²) in [5.41, 5.74) is 0. The van der Waals surface area contributed by atoms with Crippen molar-refractivity contribution in [2.75, 3.05) is 25.4 Å². The summed E-state index contributed by atoms with van der Waals surface area (Å²) in [6.45, 7) is 1.81. The van der Waals surface area contributed by atoms with E-state index in [0.29, 0.717) is 11.7 Å². The lowest BCUT2D eigenvalue weighted by molar-refractivity contribution is -0.129. The molecule has 1 aliphatic rings. The Morgan fingerprint density at radius 3 is 2.79 bits per heavy atom. The number of piperidine rings is 1. The molecule has 104 valence electrons. The summed E-state index contributed by atoms with van der Waals surface area (Å²) in [5.74, 6) is 1.06. The Morgan fingerprint density at radius 2 is 2.16 bits per heavy atom. The summed E-state index contributed by atoms with van der Waals surface area (Å²) in [4.78, 5) is 15.1. The average molecular weight is 344 g/mol. The zero-order chi connectivity index (χ0) is 13.7. The van der Waals surface area contributed by atoms with Crippen LogP contribution < -0.4 is 0 Å². The SMILES string of the molecule is O=C(CSc1cccc(Br)c1)N1CCC(CO)CC1. The number of carbonyl (C=O) groups is 1. The van der Waals surface area contributed by atoms with Crippen LogP contribution in [0.4, 0.5) is 0 Å². The summed E-state index contributed by atoms with van der Waals surface area (Å²) in [7, 11) is 0. The number of nitrogens with zero attached hydrogens (tertiary/aromatic N) is 1. The molecule has 0 unspecified atom stereocenters. The second kappa shape index (κ2) is 7.31. The zero-order valence-corrected chi connectivity index (χ0v) is 13.1. The predicted octanol–water partition coefficient (Wildman–Crippen LogP) is 2.77. The van der Waals surface area contributed by atoms with Gasteiger partial charge in [-0.1, -0.05) is 22.0 Å². The van der Waals surface area contributed by atoms with E-state index in [-0.39, 0.29) is 12.5 Å². The maximum Gasteiger partial charge on any atom is 0.232 e. The Hall–Kier alpha value is -0.520. The van der Waals surface area contributed by atoms with Crippen LogP contribution >= 0.6 is 27.7 Å². The largest absolute Gasteiger partial charge is 0.396 e. The molecule has 19 heavy (non-hydrogen) atoms. The lowest BCUT2D eigenvalue weighted by Crippen LogP contribution is -2.40. The first kappa shape index (κ1) is 14.9. The van der Waals surface area contributed by atoms with Gasteiger partial charge in [0.05, 0.1) is 5.75 Å². The van der Waals surface area contributed by atoms with Gasteiger partial charge in [0.25, 0.3) is 0 Å². The highest BCUT2D eigenvalue weighted by atomic mass is 79.9. The zero-order valence-electron chi connectivity index (χ0n) is 10.7. The predicted molar refractivity (Wildman–Crippen MR) is 81.3 cm³/mol. The van der Waals surface area contributed by atoms with Crippen LogP contribution in [0, 0.1) is 5.92 Å². The monoisotopic (exact) mass is 343 g/mol. The van der Waals surface area contributed by atoms with E-state index in [1.54, 1.807) is 11.8 Å². The van der Waals surface area contributed by atoms with Crippen molar-refractivity contribution in [3.8, 4) is 0 Å². The van der Waals surface area contributed by atoms with Crippen molar-refractivity contribution in [1.29, 1.82) is 0 Å². The lowest BCUT2D eigenvalue weighted by Gasteiger charge is -2.31. The molecule has 1 aliphatic heterocycles. The molecule has 5 heteroatoms. The highest BCUT2D eigenvalue weighted by Gasteiger charge is 2.21. The van der Waals surface area contributed by atoms with Crippen LogP contribution in [0.5, 0.6) is 0 Å². The molecule has 1 aromatic carbocycles. The molecule has 1 saturated heterocycles. The quantitative estimate of drug-likeness (QED) is 0.854. The van der Waals surface area contributed by atoms with Gasteiger partial charge >= 0.3 is 0 Å². The van der Waals surface area contributed by atoms with Crippen molar-refractivity contribution in [2.24, 2.45) is 5.92 Å². The van der Waals surface area contributed by atoms with Gasteiger partial charge in [-0.2, -0.15) is 0 Å². The molecule has 0 aromatic heterocycles. The van der Waals surface area contributed by atoms with Gasteiger partial charge in [0.2, 0.25) is 5.91 Å². The molecule has 0 radical (unpaired) electrons. The van der Waals surface area contributed by atoms with Gasteiger partial charge in [0, 0.05) is 29.1 Å². The number of halogens is 1. The minimum Gasteiger partial charge on any atom is -0.396 e. The van der Waals surface area contributed by atoms with Crippen LogP contribution in [-0.2, 0) is 4.79 Å². The van der Waals surface area contributed by atoms with Crippen molar-refractivity contribution >= 4 is 33.6 Å². The highest BCUT2D eigenvalue weighted by molar-refractivity contribution is 9.10. The van der Waals surface area contributed by atoms with E-state index in [9.17, 15) is 4.79 Å². The van der Waals surface area contributed by atoms with Crippen LogP contribution in [0.15, 0.2) is 33.6 Å². The van der Waals surface area contributed by atoms with Crippen LogP contribution in [0.2, 0.25) is 0 Å². The van der Waals surface area contributed by atoms with Gasteiger partial charge in [0.15, 0.2) is 0 Å².